The van der Waals surface area contributed by atoms with Crippen LogP contribution in [-0.4, -0.2) is 13.0 Å². The molecule has 0 N–H and O–H groups in total. The summed E-state index contributed by atoms with van der Waals surface area (Å²) in [5, 5.41) is 0. The molecular weight excluding hydrogens is 335 g/mol. The third-order valence-electron chi connectivity index (χ3n) is 3.59. The van der Waals surface area contributed by atoms with E-state index in [-0.39, 0.29) is 40.2 Å². The molecule has 0 atom stereocenters. The van der Waals surface area contributed by atoms with Crippen molar-refractivity contribution in [3.05, 3.63) is 54.1 Å². The van der Waals surface area contributed by atoms with Crippen LogP contribution < -0.4 is 34.3 Å². The largest absolute Gasteiger partial charge is 1.00 e. The van der Waals surface area contributed by atoms with Gasteiger partial charge in [-0.2, -0.15) is 0 Å². The van der Waals surface area contributed by atoms with E-state index in [1.807, 2.05) is 12.1 Å². The van der Waals surface area contributed by atoms with E-state index in [2.05, 4.69) is 6.92 Å². The van der Waals surface area contributed by atoms with E-state index in [1.54, 1.807) is 30.3 Å². The normalized spacial score (nSPS) is 10.9. The molecule has 2 aromatic carbocycles. The van der Waals surface area contributed by atoms with Gasteiger partial charge in [-0.1, -0.05) is 56.5 Å². The Morgan fingerprint density at radius 1 is 0.958 bits per heavy atom. The molecular formula is C18H21NaO4S. The summed E-state index contributed by atoms with van der Waals surface area (Å²) < 4.78 is 40.4. The van der Waals surface area contributed by atoms with Crippen molar-refractivity contribution in [2.45, 2.75) is 43.9 Å². The van der Waals surface area contributed by atoms with Gasteiger partial charge in [-0.25, -0.2) is 8.42 Å². The Morgan fingerprint density at radius 3 is 2.29 bits per heavy atom. The molecule has 0 fully saturated rings. The second-order valence-electron chi connectivity index (χ2n) is 5.42. The first-order valence-electron chi connectivity index (χ1n) is 7.83. The quantitative estimate of drug-likeness (QED) is 0.409. The Bertz CT molecular complexity index is 730. The van der Waals surface area contributed by atoms with Crippen molar-refractivity contribution < 1.29 is 47.3 Å². The average molecular weight is 356 g/mol. The van der Waals surface area contributed by atoms with E-state index in [0.717, 1.165) is 31.2 Å². The number of hydrogen-bond acceptors (Lipinski definition) is 4. The second-order valence-corrected chi connectivity index (χ2v) is 6.77. The van der Waals surface area contributed by atoms with Crippen LogP contribution in [0.15, 0.2) is 53.4 Å². The van der Waals surface area contributed by atoms with E-state index in [9.17, 15) is 13.0 Å². The van der Waals surface area contributed by atoms with Crippen LogP contribution in [0.5, 0.6) is 11.5 Å². The fraction of sp³-hybridized carbons (Fsp3) is 0.333. The maximum Gasteiger partial charge on any atom is 1.00 e. The minimum absolute atomic E-state index is 0. The van der Waals surface area contributed by atoms with Crippen LogP contribution in [0.25, 0.3) is 0 Å². The van der Waals surface area contributed by atoms with Crippen molar-refractivity contribution in [2.24, 2.45) is 0 Å². The Labute approximate surface area is 166 Å². The van der Waals surface area contributed by atoms with E-state index < -0.39 is 10.1 Å². The number of rotatable bonds is 8. The van der Waals surface area contributed by atoms with E-state index >= 15 is 0 Å². The standard InChI is InChI=1S/C18H22O4S.Na/c1-2-3-4-6-10-15-11-9-14-17(23(19,20)21)18(15)22-16-12-7-5-8-13-16;/h5,7-9,11-14H,2-4,6,10H2,1H3,(H,19,20,21);/q;+1/p-1. The van der Waals surface area contributed by atoms with Gasteiger partial charge in [0, 0.05) is 0 Å². The molecule has 0 amide bonds. The van der Waals surface area contributed by atoms with E-state index in [4.69, 9.17) is 4.74 Å². The smallest absolute Gasteiger partial charge is 0.744 e. The van der Waals surface area contributed by atoms with Crippen LogP contribution >= 0.6 is 0 Å². The zero-order chi connectivity index (χ0) is 16.7. The minimum atomic E-state index is -4.59. The van der Waals surface area contributed by atoms with Crippen LogP contribution in [0.3, 0.4) is 0 Å². The number of benzene rings is 2. The summed E-state index contributed by atoms with van der Waals surface area (Å²) in [6.07, 6.45) is 4.94. The zero-order valence-corrected chi connectivity index (χ0v) is 17.0. The van der Waals surface area contributed by atoms with Gasteiger partial charge in [-0.3, -0.25) is 0 Å². The predicted octanol–water partition coefficient (Wildman–Crippen LogP) is 1.51. The average Bonchev–Trinajstić information content (AvgIpc) is 2.52. The molecule has 0 heterocycles. The van der Waals surface area contributed by atoms with Gasteiger partial charge >= 0.3 is 29.6 Å². The van der Waals surface area contributed by atoms with E-state index in [1.165, 1.54) is 6.07 Å². The Kier molecular flexibility index (Phi) is 9.02. The van der Waals surface area contributed by atoms with Crippen molar-refractivity contribution in [1.82, 2.24) is 0 Å². The zero-order valence-electron chi connectivity index (χ0n) is 14.2. The summed E-state index contributed by atoms with van der Waals surface area (Å²) in [4.78, 5) is -0.297. The van der Waals surface area contributed by atoms with E-state index in [0.29, 0.717) is 12.2 Å². The third kappa shape index (κ3) is 6.22. The summed E-state index contributed by atoms with van der Waals surface area (Å²) in [5.41, 5.74) is 0.752. The maximum absolute atomic E-state index is 11.5. The van der Waals surface area contributed by atoms with Gasteiger partial charge in [0.15, 0.2) is 0 Å². The third-order valence-corrected chi connectivity index (χ3v) is 4.45. The van der Waals surface area contributed by atoms with Crippen molar-refractivity contribution >= 4 is 10.1 Å². The molecule has 0 aromatic heterocycles. The van der Waals surface area contributed by atoms with Crippen molar-refractivity contribution in [3.8, 4) is 11.5 Å². The Morgan fingerprint density at radius 2 is 1.67 bits per heavy atom. The fourth-order valence-corrected chi connectivity index (χ4v) is 3.06. The fourth-order valence-electron chi connectivity index (χ4n) is 2.42. The Balaban J connectivity index is 0.00000288. The molecule has 0 aliphatic carbocycles. The van der Waals surface area contributed by atoms with Crippen LogP contribution in [-0.2, 0) is 16.5 Å². The molecule has 0 unspecified atom stereocenters. The molecule has 0 radical (unpaired) electrons. The van der Waals surface area contributed by atoms with Gasteiger partial charge in [-0.15, -0.1) is 0 Å². The summed E-state index contributed by atoms with van der Waals surface area (Å²) in [6.45, 7) is 2.13. The topological polar surface area (TPSA) is 66.4 Å². The van der Waals surface area contributed by atoms with Crippen molar-refractivity contribution in [3.63, 3.8) is 0 Å². The van der Waals surface area contributed by atoms with Gasteiger partial charge < -0.3 is 9.29 Å². The summed E-state index contributed by atoms with van der Waals surface area (Å²) in [6, 6.07) is 13.6. The minimum Gasteiger partial charge on any atom is -0.744 e. The molecule has 0 aliphatic heterocycles. The van der Waals surface area contributed by atoms with Gasteiger partial charge in [0.2, 0.25) is 0 Å². The molecule has 0 spiro atoms. The predicted molar refractivity (Wildman–Crippen MR) is 88.8 cm³/mol. The SMILES string of the molecule is CCCCCCc1cccc(S(=O)(=O)[O-])c1Oc1ccccc1.[Na+]. The molecule has 0 saturated heterocycles. The molecule has 4 nitrogen and oxygen atoms in total. The Hall–Kier alpha value is -0.850. The molecule has 124 valence electrons. The number of ether oxygens (including phenoxy) is 1. The number of aryl methyl sites for hydroxylation is 1. The molecule has 2 rings (SSSR count). The molecule has 0 aliphatic rings. The van der Waals surface area contributed by atoms with Crippen LogP contribution in [0.4, 0.5) is 0 Å². The molecule has 2 aromatic rings. The molecule has 0 saturated carbocycles. The summed E-state index contributed by atoms with van der Waals surface area (Å²) >= 11 is 0. The summed E-state index contributed by atoms with van der Waals surface area (Å²) in [5.74, 6) is 0.670. The van der Waals surface area contributed by atoms with Crippen molar-refractivity contribution in [2.75, 3.05) is 0 Å². The second kappa shape index (κ2) is 10.2. The molecule has 6 heteroatoms. The van der Waals surface area contributed by atoms with Crippen LogP contribution in [0.2, 0.25) is 0 Å². The first kappa shape index (κ1) is 21.2. The van der Waals surface area contributed by atoms with Crippen LogP contribution in [0.1, 0.15) is 38.2 Å². The first-order chi connectivity index (χ1) is 11.0. The maximum atomic E-state index is 11.5. The molecule has 0 bridgehead atoms. The number of hydrogen-bond donors (Lipinski definition) is 0. The van der Waals surface area contributed by atoms with Gasteiger partial charge in [0.05, 0.1) is 4.90 Å². The molecule has 24 heavy (non-hydrogen) atoms. The van der Waals surface area contributed by atoms with Gasteiger partial charge in [0.25, 0.3) is 0 Å². The first-order valence-corrected chi connectivity index (χ1v) is 9.24. The van der Waals surface area contributed by atoms with Gasteiger partial charge in [0.1, 0.15) is 21.6 Å². The van der Waals surface area contributed by atoms with Crippen LogP contribution in [0, 0.1) is 0 Å². The number of unbranched alkanes of at least 4 members (excludes halogenated alkanes) is 3. The number of para-hydroxylation sites is 2. The van der Waals surface area contributed by atoms with Gasteiger partial charge in [-0.05, 0) is 36.6 Å². The summed E-state index contributed by atoms with van der Waals surface area (Å²) in [7, 11) is -4.59. The monoisotopic (exact) mass is 356 g/mol. The van der Waals surface area contributed by atoms with Crippen molar-refractivity contribution in [1.29, 1.82) is 0 Å².